The molecular formula is C21H27ClN2O2. The van der Waals surface area contributed by atoms with E-state index in [1.807, 2.05) is 24.3 Å². The summed E-state index contributed by atoms with van der Waals surface area (Å²) in [5, 5.41) is 9.12. The maximum atomic E-state index is 12.2. The van der Waals surface area contributed by atoms with Gasteiger partial charge in [-0.1, -0.05) is 36.4 Å². The summed E-state index contributed by atoms with van der Waals surface area (Å²) >= 11 is 0. The molecule has 1 amide bonds. The number of halogens is 1. The van der Waals surface area contributed by atoms with Crippen LogP contribution in [0.2, 0.25) is 0 Å². The van der Waals surface area contributed by atoms with Gasteiger partial charge in [0.15, 0.2) is 0 Å². The Morgan fingerprint density at radius 1 is 1.08 bits per heavy atom. The topological polar surface area (TPSA) is 50.4 Å². The molecule has 2 unspecified atom stereocenters. The molecule has 0 aromatic heterocycles. The van der Waals surface area contributed by atoms with Crippen molar-refractivity contribution in [2.45, 2.75) is 56.7 Å². The van der Waals surface area contributed by atoms with Crippen LogP contribution in [0.15, 0.2) is 42.5 Å². The molecule has 26 heavy (non-hydrogen) atoms. The van der Waals surface area contributed by atoms with E-state index in [9.17, 15) is 4.79 Å². The number of carbonyl (C=O) groups is 1. The summed E-state index contributed by atoms with van der Waals surface area (Å²) in [4.78, 5) is 12.2. The Kier molecular flexibility index (Phi) is 6.38. The molecule has 2 aliphatic rings. The van der Waals surface area contributed by atoms with Gasteiger partial charge in [-0.25, -0.2) is 0 Å². The molecule has 0 spiro atoms. The molecule has 5 heteroatoms. The van der Waals surface area contributed by atoms with Gasteiger partial charge < -0.3 is 15.4 Å². The van der Waals surface area contributed by atoms with Crippen molar-refractivity contribution in [1.29, 1.82) is 0 Å². The summed E-state index contributed by atoms with van der Waals surface area (Å²) in [6.45, 7) is 0.568. The molecule has 2 atom stereocenters. The molecule has 0 aliphatic carbocycles. The number of ether oxygens (including phenoxy) is 1. The molecule has 2 aliphatic heterocycles. The van der Waals surface area contributed by atoms with Gasteiger partial charge in [-0.3, -0.25) is 4.79 Å². The second-order valence-electron chi connectivity index (χ2n) is 7.30. The van der Waals surface area contributed by atoms with E-state index in [2.05, 4.69) is 28.8 Å². The van der Waals surface area contributed by atoms with Gasteiger partial charge in [0, 0.05) is 29.9 Å². The molecular weight excluding hydrogens is 348 g/mol. The SMILES string of the molecule is Cl.O=C(CCCOc1cccc2ccccc12)NC1CC2CCC(C1)N2. The molecule has 2 aromatic carbocycles. The molecule has 2 saturated heterocycles. The lowest BCUT2D eigenvalue weighted by atomic mass is 9.99. The molecule has 2 fully saturated rings. The van der Waals surface area contributed by atoms with Crippen molar-refractivity contribution >= 4 is 29.1 Å². The van der Waals surface area contributed by atoms with E-state index in [0.717, 1.165) is 30.4 Å². The van der Waals surface area contributed by atoms with E-state index in [4.69, 9.17) is 4.74 Å². The zero-order valence-electron chi connectivity index (χ0n) is 14.9. The van der Waals surface area contributed by atoms with Crippen LogP contribution >= 0.6 is 12.4 Å². The lowest BCUT2D eigenvalue weighted by Gasteiger charge is -2.29. The van der Waals surface area contributed by atoms with E-state index in [0.29, 0.717) is 31.2 Å². The van der Waals surface area contributed by atoms with Gasteiger partial charge in [0.2, 0.25) is 5.91 Å². The standard InChI is InChI=1S/C21H26N2O2.ClH/c24-21(23-18-13-16-10-11-17(14-18)22-16)9-4-12-25-20-8-3-6-15-5-1-2-7-19(15)20;/h1-3,5-8,16-18,22H,4,9-14H2,(H,23,24);1H. The molecule has 2 aromatic rings. The minimum absolute atomic E-state index is 0. The number of hydrogen-bond donors (Lipinski definition) is 2. The average molecular weight is 375 g/mol. The molecule has 0 radical (unpaired) electrons. The van der Waals surface area contributed by atoms with Gasteiger partial charge in [0.25, 0.3) is 0 Å². The first kappa shape index (κ1) is 19.0. The van der Waals surface area contributed by atoms with Crippen molar-refractivity contribution in [2.75, 3.05) is 6.61 Å². The Hall–Kier alpha value is -1.78. The van der Waals surface area contributed by atoms with Gasteiger partial charge in [-0.15, -0.1) is 12.4 Å². The average Bonchev–Trinajstić information content (AvgIpc) is 2.97. The highest BCUT2D eigenvalue weighted by atomic mass is 35.5. The maximum absolute atomic E-state index is 12.2. The van der Waals surface area contributed by atoms with Crippen molar-refractivity contribution in [3.8, 4) is 5.75 Å². The first-order valence-corrected chi connectivity index (χ1v) is 9.44. The van der Waals surface area contributed by atoms with Crippen LogP contribution in [0.1, 0.15) is 38.5 Å². The van der Waals surface area contributed by atoms with Crippen LogP contribution in [-0.4, -0.2) is 30.6 Å². The first-order chi connectivity index (χ1) is 12.3. The number of fused-ring (bicyclic) bond motifs is 3. The van der Waals surface area contributed by atoms with Crippen LogP contribution in [0.4, 0.5) is 0 Å². The Labute approximate surface area is 161 Å². The Bertz CT molecular complexity index is 734. The van der Waals surface area contributed by atoms with Crippen molar-refractivity contribution in [3.05, 3.63) is 42.5 Å². The summed E-state index contributed by atoms with van der Waals surface area (Å²) in [6, 6.07) is 15.9. The number of piperidine rings is 1. The van der Waals surface area contributed by atoms with Crippen LogP contribution < -0.4 is 15.4 Å². The quantitative estimate of drug-likeness (QED) is 0.756. The molecule has 4 rings (SSSR count). The number of hydrogen-bond acceptors (Lipinski definition) is 3. The predicted octanol–water partition coefficient (Wildman–Crippen LogP) is 3.82. The highest BCUT2D eigenvalue weighted by Gasteiger charge is 2.33. The summed E-state index contributed by atoms with van der Waals surface area (Å²) in [5.74, 6) is 1.06. The van der Waals surface area contributed by atoms with Gasteiger partial charge in [-0.2, -0.15) is 0 Å². The summed E-state index contributed by atoms with van der Waals surface area (Å²) in [6.07, 6.45) is 5.95. The van der Waals surface area contributed by atoms with Crippen LogP contribution in [-0.2, 0) is 4.79 Å². The van der Waals surface area contributed by atoms with Gasteiger partial charge in [-0.05, 0) is 43.6 Å². The Morgan fingerprint density at radius 3 is 2.62 bits per heavy atom. The second-order valence-corrected chi connectivity index (χ2v) is 7.30. The third kappa shape index (κ3) is 4.49. The summed E-state index contributed by atoms with van der Waals surface area (Å²) < 4.78 is 5.91. The summed E-state index contributed by atoms with van der Waals surface area (Å²) in [5.41, 5.74) is 0. The lowest BCUT2D eigenvalue weighted by Crippen LogP contribution is -2.48. The normalized spacial score (nSPS) is 24.1. The van der Waals surface area contributed by atoms with Gasteiger partial charge in [0.05, 0.1) is 6.61 Å². The smallest absolute Gasteiger partial charge is 0.220 e. The zero-order valence-corrected chi connectivity index (χ0v) is 15.8. The molecule has 4 nitrogen and oxygen atoms in total. The van der Waals surface area contributed by atoms with Crippen LogP contribution in [0.5, 0.6) is 5.75 Å². The molecule has 2 heterocycles. The van der Waals surface area contributed by atoms with E-state index >= 15 is 0 Å². The molecule has 2 bridgehead atoms. The van der Waals surface area contributed by atoms with E-state index in [-0.39, 0.29) is 18.3 Å². The van der Waals surface area contributed by atoms with E-state index < -0.39 is 0 Å². The van der Waals surface area contributed by atoms with Crippen molar-refractivity contribution in [1.82, 2.24) is 10.6 Å². The fourth-order valence-corrected chi connectivity index (χ4v) is 4.21. The van der Waals surface area contributed by atoms with Crippen molar-refractivity contribution in [3.63, 3.8) is 0 Å². The van der Waals surface area contributed by atoms with Gasteiger partial charge >= 0.3 is 0 Å². The Balaban J connectivity index is 0.00000196. The second kappa shape index (κ2) is 8.74. The van der Waals surface area contributed by atoms with Crippen LogP contribution in [0.3, 0.4) is 0 Å². The van der Waals surface area contributed by atoms with Crippen molar-refractivity contribution in [2.24, 2.45) is 0 Å². The highest BCUT2D eigenvalue weighted by molar-refractivity contribution is 5.88. The molecule has 2 N–H and O–H groups in total. The Morgan fingerprint density at radius 2 is 1.81 bits per heavy atom. The van der Waals surface area contributed by atoms with Crippen LogP contribution in [0.25, 0.3) is 10.8 Å². The third-order valence-electron chi connectivity index (χ3n) is 5.39. The fraction of sp³-hybridized carbons (Fsp3) is 0.476. The maximum Gasteiger partial charge on any atom is 0.220 e. The summed E-state index contributed by atoms with van der Waals surface area (Å²) in [7, 11) is 0. The first-order valence-electron chi connectivity index (χ1n) is 9.44. The third-order valence-corrected chi connectivity index (χ3v) is 5.39. The largest absolute Gasteiger partial charge is 0.493 e. The number of amides is 1. The number of nitrogens with one attached hydrogen (secondary N) is 2. The van der Waals surface area contributed by atoms with E-state index in [1.165, 1.54) is 18.2 Å². The minimum Gasteiger partial charge on any atom is -0.493 e. The highest BCUT2D eigenvalue weighted by Crippen LogP contribution is 2.27. The van der Waals surface area contributed by atoms with Crippen LogP contribution in [0, 0.1) is 0 Å². The monoisotopic (exact) mass is 374 g/mol. The lowest BCUT2D eigenvalue weighted by molar-refractivity contribution is -0.122. The van der Waals surface area contributed by atoms with Gasteiger partial charge in [0.1, 0.15) is 5.75 Å². The van der Waals surface area contributed by atoms with E-state index in [1.54, 1.807) is 0 Å². The number of rotatable bonds is 6. The number of carbonyl (C=O) groups excluding carboxylic acids is 1. The number of benzene rings is 2. The zero-order chi connectivity index (χ0) is 17.1. The van der Waals surface area contributed by atoms with Crippen molar-refractivity contribution < 1.29 is 9.53 Å². The predicted molar refractivity (Wildman–Crippen MR) is 107 cm³/mol. The minimum atomic E-state index is 0. The molecule has 140 valence electrons. The molecule has 0 saturated carbocycles. The fourth-order valence-electron chi connectivity index (χ4n) is 4.21.